The van der Waals surface area contributed by atoms with Crippen LogP contribution in [0, 0.1) is 6.92 Å². The summed E-state index contributed by atoms with van der Waals surface area (Å²) in [5.74, 6) is 0.998. The predicted octanol–water partition coefficient (Wildman–Crippen LogP) is 2.85. The van der Waals surface area contributed by atoms with Crippen molar-refractivity contribution in [3.63, 3.8) is 0 Å². The van der Waals surface area contributed by atoms with Gasteiger partial charge in [-0.05, 0) is 25.3 Å². The van der Waals surface area contributed by atoms with Crippen LogP contribution >= 0.6 is 0 Å². The fourth-order valence-corrected chi connectivity index (χ4v) is 3.48. The largest absolute Gasteiger partial charge is 0.380 e. The Kier molecular flexibility index (Phi) is 6.90. The van der Waals surface area contributed by atoms with E-state index in [1.54, 1.807) is 7.11 Å². The molecule has 1 aromatic carbocycles. The summed E-state index contributed by atoms with van der Waals surface area (Å²) in [6.45, 7) is 4.38. The number of piperidine rings is 1. The lowest BCUT2D eigenvalue weighted by atomic mass is 9.92. The number of nitrogens with zero attached hydrogens (tertiary/aromatic N) is 3. The van der Waals surface area contributed by atoms with Crippen molar-refractivity contribution in [3.8, 4) is 0 Å². The lowest BCUT2D eigenvalue weighted by Crippen LogP contribution is -2.41. The number of carbonyl (C=O) groups excluding carboxylic acids is 1. The number of benzene rings is 1. The third-order valence-electron chi connectivity index (χ3n) is 4.82. The van der Waals surface area contributed by atoms with E-state index in [4.69, 9.17) is 9.47 Å². The maximum absolute atomic E-state index is 12.6. The summed E-state index contributed by atoms with van der Waals surface area (Å²) in [7, 11) is 1.67. The van der Waals surface area contributed by atoms with Crippen molar-refractivity contribution in [1.29, 1.82) is 0 Å². The molecule has 1 aromatic heterocycles. The van der Waals surface area contributed by atoms with E-state index in [-0.39, 0.29) is 18.4 Å². The van der Waals surface area contributed by atoms with Crippen LogP contribution in [0.4, 0.5) is 0 Å². The molecule has 0 spiro atoms. The zero-order chi connectivity index (χ0) is 19.1. The summed E-state index contributed by atoms with van der Waals surface area (Å²) in [6, 6.07) is 9.90. The molecule has 0 N–H and O–H groups in total. The van der Waals surface area contributed by atoms with E-state index < -0.39 is 0 Å². The van der Waals surface area contributed by atoms with Gasteiger partial charge in [0.15, 0.2) is 0 Å². The molecule has 1 fully saturated rings. The summed E-state index contributed by atoms with van der Waals surface area (Å²) in [5.41, 5.74) is 3.08. The maximum Gasteiger partial charge on any atom is 0.248 e. The number of ether oxygens (including phenoxy) is 2. The third-order valence-corrected chi connectivity index (χ3v) is 4.82. The van der Waals surface area contributed by atoms with Crippen LogP contribution in [0.3, 0.4) is 0 Å². The van der Waals surface area contributed by atoms with Crippen molar-refractivity contribution < 1.29 is 14.3 Å². The Hall–Kier alpha value is -2.31. The number of likely N-dealkylation sites (tertiary alicyclic amines) is 1. The molecule has 1 aliphatic rings. The SMILES string of the molecule is COCc1cnc(C)nc1C1CCCN(C(=O)COCc2ccccc2)C1. The second-order valence-corrected chi connectivity index (χ2v) is 6.92. The van der Waals surface area contributed by atoms with E-state index in [1.807, 2.05) is 48.4 Å². The minimum absolute atomic E-state index is 0.0368. The first-order valence-corrected chi connectivity index (χ1v) is 9.38. The van der Waals surface area contributed by atoms with Crippen molar-refractivity contribution >= 4 is 5.91 Å². The first-order chi connectivity index (χ1) is 13.2. The Bertz CT molecular complexity index is 752. The monoisotopic (exact) mass is 369 g/mol. The van der Waals surface area contributed by atoms with Crippen LogP contribution in [-0.4, -0.2) is 47.6 Å². The van der Waals surface area contributed by atoms with Gasteiger partial charge in [0, 0.05) is 37.9 Å². The number of methoxy groups -OCH3 is 1. The molecule has 1 atom stereocenters. The number of rotatable bonds is 7. The number of hydrogen-bond donors (Lipinski definition) is 0. The summed E-state index contributed by atoms with van der Waals surface area (Å²) in [5, 5.41) is 0. The maximum atomic E-state index is 12.6. The number of carbonyl (C=O) groups is 1. The number of hydrogen-bond acceptors (Lipinski definition) is 5. The van der Waals surface area contributed by atoms with Gasteiger partial charge < -0.3 is 14.4 Å². The molecule has 0 saturated carbocycles. The number of aryl methyl sites for hydroxylation is 1. The zero-order valence-electron chi connectivity index (χ0n) is 16.1. The Labute approximate surface area is 160 Å². The van der Waals surface area contributed by atoms with Crippen molar-refractivity contribution in [2.45, 2.75) is 38.9 Å². The number of amides is 1. The van der Waals surface area contributed by atoms with Gasteiger partial charge in [-0.15, -0.1) is 0 Å². The molecular weight excluding hydrogens is 342 g/mol. The van der Waals surface area contributed by atoms with Crippen LogP contribution in [-0.2, 0) is 27.5 Å². The molecule has 1 saturated heterocycles. The molecule has 0 bridgehead atoms. The molecule has 1 amide bonds. The van der Waals surface area contributed by atoms with Gasteiger partial charge in [0.2, 0.25) is 5.91 Å². The van der Waals surface area contributed by atoms with Crippen LogP contribution in [0.15, 0.2) is 36.5 Å². The Morgan fingerprint density at radius 2 is 2.07 bits per heavy atom. The third kappa shape index (κ3) is 5.34. The minimum atomic E-state index is 0.0368. The van der Waals surface area contributed by atoms with Gasteiger partial charge in [0.25, 0.3) is 0 Å². The summed E-state index contributed by atoms with van der Waals surface area (Å²) in [6.07, 6.45) is 3.82. The quantitative estimate of drug-likeness (QED) is 0.751. The van der Waals surface area contributed by atoms with Crippen LogP contribution < -0.4 is 0 Å². The molecule has 2 heterocycles. The molecular formula is C21H27N3O3. The normalized spacial score (nSPS) is 17.1. The molecule has 1 aliphatic heterocycles. The van der Waals surface area contributed by atoms with E-state index >= 15 is 0 Å². The van der Waals surface area contributed by atoms with Crippen LogP contribution in [0.2, 0.25) is 0 Å². The number of aromatic nitrogens is 2. The van der Waals surface area contributed by atoms with E-state index in [0.717, 1.165) is 42.0 Å². The Balaban J connectivity index is 1.59. The standard InChI is InChI=1S/C21H27N3O3/c1-16-22-11-19(14-26-2)21(23-16)18-9-6-10-24(12-18)20(25)15-27-13-17-7-4-3-5-8-17/h3-5,7-8,11,18H,6,9-10,12-15H2,1-2H3. The second kappa shape index (κ2) is 9.58. The zero-order valence-corrected chi connectivity index (χ0v) is 16.1. The average Bonchev–Trinajstić information content (AvgIpc) is 2.70. The molecule has 3 rings (SSSR count). The lowest BCUT2D eigenvalue weighted by Gasteiger charge is -2.33. The van der Waals surface area contributed by atoms with Crippen LogP contribution in [0.5, 0.6) is 0 Å². The van der Waals surface area contributed by atoms with Gasteiger partial charge in [-0.1, -0.05) is 30.3 Å². The highest BCUT2D eigenvalue weighted by Crippen LogP contribution is 2.28. The van der Waals surface area contributed by atoms with Gasteiger partial charge in [-0.25, -0.2) is 9.97 Å². The predicted molar refractivity (Wildman–Crippen MR) is 102 cm³/mol. The highest BCUT2D eigenvalue weighted by Gasteiger charge is 2.27. The highest BCUT2D eigenvalue weighted by atomic mass is 16.5. The van der Waals surface area contributed by atoms with E-state index in [0.29, 0.717) is 19.8 Å². The second-order valence-electron chi connectivity index (χ2n) is 6.92. The summed E-state index contributed by atoms with van der Waals surface area (Å²) >= 11 is 0. The van der Waals surface area contributed by atoms with E-state index in [2.05, 4.69) is 9.97 Å². The van der Waals surface area contributed by atoms with Crippen molar-refractivity contribution in [2.75, 3.05) is 26.8 Å². The molecule has 1 unspecified atom stereocenters. The smallest absolute Gasteiger partial charge is 0.248 e. The van der Waals surface area contributed by atoms with Gasteiger partial charge in [0.05, 0.1) is 18.9 Å². The van der Waals surface area contributed by atoms with Gasteiger partial charge in [-0.2, -0.15) is 0 Å². The molecule has 0 radical (unpaired) electrons. The molecule has 27 heavy (non-hydrogen) atoms. The molecule has 144 valence electrons. The van der Waals surface area contributed by atoms with Crippen LogP contribution in [0.1, 0.15) is 41.4 Å². The Morgan fingerprint density at radius 3 is 2.85 bits per heavy atom. The lowest BCUT2D eigenvalue weighted by molar-refractivity contribution is -0.137. The molecule has 2 aromatic rings. The van der Waals surface area contributed by atoms with Crippen LogP contribution in [0.25, 0.3) is 0 Å². The molecule has 6 heteroatoms. The van der Waals surface area contributed by atoms with Crippen molar-refractivity contribution in [2.24, 2.45) is 0 Å². The Morgan fingerprint density at radius 1 is 1.26 bits per heavy atom. The summed E-state index contributed by atoms with van der Waals surface area (Å²) in [4.78, 5) is 23.4. The van der Waals surface area contributed by atoms with Gasteiger partial charge in [0.1, 0.15) is 12.4 Å². The van der Waals surface area contributed by atoms with Gasteiger partial charge in [-0.3, -0.25) is 4.79 Å². The fraction of sp³-hybridized carbons (Fsp3) is 0.476. The highest BCUT2D eigenvalue weighted by molar-refractivity contribution is 5.77. The van der Waals surface area contributed by atoms with Crippen molar-refractivity contribution in [1.82, 2.24) is 14.9 Å². The van der Waals surface area contributed by atoms with Crippen molar-refractivity contribution in [3.05, 3.63) is 59.2 Å². The molecule has 0 aliphatic carbocycles. The van der Waals surface area contributed by atoms with E-state index in [9.17, 15) is 4.79 Å². The summed E-state index contributed by atoms with van der Waals surface area (Å²) < 4.78 is 10.9. The topological polar surface area (TPSA) is 64.6 Å². The first-order valence-electron chi connectivity index (χ1n) is 9.38. The fourth-order valence-electron chi connectivity index (χ4n) is 3.48. The first kappa shape index (κ1) is 19.5. The van der Waals surface area contributed by atoms with Gasteiger partial charge >= 0.3 is 0 Å². The molecule has 6 nitrogen and oxygen atoms in total. The minimum Gasteiger partial charge on any atom is -0.380 e. The average molecular weight is 369 g/mol. The van der Waals surface area contributed by atoms with E-state index in [1.165, 1.54) is 0 Å².